The molecule has 1 aliphatic heterocycles. The van der Waals surface area contributed by atoms with E-state index in [2.05, 4.69) is 6.19 Å². The van der Waals surface area contributed by atoms with Gasteiger partial charge in [-0.25, -0.2) is 0 Å². The van der Waals surface area contributed by atoms with Crippen LogP contribution in [0.1, 0.15) is 20.3 Å². The summed E-state index contributed by atoms with van der Waals surface area (Å²) >= 11 is 0. The highest BCUT2D eigenvalue weighted by atomic mass is 16.3. The average molecular weight is 140 g/mol. The zero-order chi connectivity index (χ0) is 7.78. The third kappa shape index (κ3) is 0.850. The molecule has 0 aromatic heterocycles. The highest BCUT2D eigenvalue weighted by Crippen LogP contribution is 2.27. The van der Waals surface area contributed by atoms with Gasteiger partial charge in [0, 0.05) is 6.54 Å². The molecule has 0 aromatic carbocycles. The summed E-state index contributed by atoms with van der Waals surface area (Å²) in [5.41, 5.74) is -0.352. The smallest absolute Gasteiger partial charge is 0.179 e. The molecule has 3 nitrogen and oxygen atoms in total. The van der Waals surface area contributed by atoms with Gasteiger partial charge in [-0.1, -0.05) is 0 Å². The Morgan fingerprint density at radius 3 is 2.50 bits per heavy atom. The fourth-order valence-electron chi connectivity index (χ4n) is 1.25. The van der Waals surface area contributed by atoms with Crippen molar-refractivity contribution in [3.8, 4) is 6.19 Å². The maximum absolute atomic E-state index is 9.37. The van der Waals surface area contributed by atoms with Gasteiger partial charge in [-0.05, 0) is 20.3 Å². The largest absolute Gasteiger partial charge is 0.391 e. The Labute approximate surface area is 60.9 Å². The molecule has 1 atom stereocenters. The molecule has 0 saturated carbocycles. The van der Waals surface area contributed by atoms with Crippen LogP contribution in [0.15, 0.2) is 0 Å². The molecule has 0 radical (unpaired) electrons. The fourth-order valence-corrected chi connectivity index (χ4v) is 1.25. The van der Waals surface area contributed by atoms with Crippen molar-refractivity contribution in [1.29, 1.82) is 5.26 Å². The van der Waals surface area contributed by atoms with Gasteiger partial charge in [0.25, 0.3) is 0 Å². The van der Waals surface area contributed by atoms with Crippen LogP contribution in [0.4, 0.5) is 0 Å². The minimum absolute atomic E-state index is 0.352. The van der Waals surface area contributed by atoms with Gasteiger partial charge in [-0.3, -0.25) is 0 Å². The highest BCUT2D eigenvalue weighted by molar-refractivity contribution is 5.00. The Morgan fingerprint density at radius 2 is 2.30 bits per heavy atom. The number of aliphatic hydroxyl groups excluding tert-OH is 1. The minimum atomic E-state index is -0.354. The number of nitriles is 1. The van der Waals surface area contributed by atoms with E-state index in [0.717, 1.165) is 0 Å². The second-order valence-electron chi connectivity index (χ2n) is 3.21. The van der Waals surface area contributed by atoms with Crippen LogP contribution in [0.25, 0.3) is 0 Å². The van der Waals surface area contributed by atoms with Crippen LogP contribution in [0.5, 0.6) is 0 Å². The summed E-state index contributed by atoms with van der Waals surface area (Å²) in [5, 5.41) is 17.9. The van der Waals surface area contributed by atoms with Crippen molar-refractivity contribution in [2.24, 2.45) is 0 Å². The van der Waals surface area contributed by atoms with Gasteiger partial charge in [-0.2, -0.15) is 5.26 Å². The average Bonchev–Trinajstić information content (AvgIpc) is 2.10. The van der Waals surface area contributed by atoms with Crippen molar-refractivity contribution >= 4 is 0 Å². The Balaban J connectivity index is 2.76. The van der Waals surface area contributed by atoms with E-state index >= 15 is 0 Å². The van der Waals surface area contributed by atoms with Crippen LogP contribution in [-0.2, 0) is 0 Å². The van der Waals surface area contributed by atoms with Crippen LogP contribution in [-0.4, -0.2) is 28.2 Å². The van der Waals surface area contributed by atoms with Crippen LogP contribution < -0.4 is 0 Å². The van der Waals surface area contributed by atoms with Gasteiger partial charge in [0.15, 0.2) is 6.19 Å². The van der Waals surface area contributed by atoms with Crippen molar-refractivity contribution in [3.05, 3.63) is 0 Å². The summed E-state index contributed by atoms with van der Waals surface area (Å²) in [6.07, 6.45) is 2.41. The van der Waals surface area contributed by atoms with E-state index in [-0.39, 0.29) is 11.6 Å². The molecular weight excluding hydrogens is 128 g/mol. The normalized spacial score (nSPS) is 30.2. The summed E-state index contributed by atoms with van der Waals surface area (Å²) in [4.78, 5) is 1.62. The van der Waals surface area contributed by atoms with Gasteiger partial charge < -0.3 is 10.0 Å². The lowest BCUT2D eigenvalue weighted by molar-refractivity contribution is 0.0807. The molecule has 3 heteroatoms. The Hall–Kier alpha value is -0.750. The molecule has 56 valence electrons. The number of nitrogens with zero attached hydrogens (tertiary/aromatic N) is 2. The van der Waals surface area contributed by atoms with E-state index in [1.807, 2.05) is 13.8 Å². The quantitative estimate of drug-likeness (QED) is 0.493. The molecule has 0 aliphatic carbocycles. The van der Waals surface area contributed by atoms with Crippen molar-refractivity contribution in [1.82, 2.24) is 4.90 Å². The Bertz CT molecular complexity index is 171. The molecule has 1 N–H and O–H groups in total. The first-order chi connectivity index (χ1) is 4.59. The van der Waals surface area contributed by atoms with Crippen LogP contribution >= 0.6 is 0 Å². The van der Waals surface area contributed by atoms with E-state index in [1.54, 1.807) is 4.90 Å². The standard InChI is InChI=1S/C7H12N2O/c1-7(2)6(10)3-4-9(7)5-8/h6,10H,3-4H2,1-2H3. The molecule has 0 bridgehead atoms. The maximum atomic E-state index is 9.37. The van der Waals surface area contributed by atoms with Crippen molar-refractivity contribution in [2.45, 2.75) is 31.9 Å². The number of aliphatic hydroxyl groups is 1. The molecule has 1 saturated heterocycles. The SMILES string of the molecule is CC1(C)C(O)CCN1C#N. The van der Waals surface area contributed by atoms with E-state index in [9.17, 15) is 5.11 Å². The predicted molar refractivity (Wildman–Crippen MR) is 37.0 cm³/mol. The summed E-state index contributed by atoms with van der Waals surface area (Å²) in [6, 6.07) is 0. The summed E-state index contributed by atoms with van der Waals surface area (Å²) in [5.74, 6) is 0. The highest BCUT2D eigenvalue weighted by Gasteiger charge is 2.39. The topological polar surface area (TPSA) is 47.3 Å². The monoisotopic (exact) mass is 140 g/mol. The molecule has 0 amide bonds. The number of likely N-dealkylation sites (tertiary alicyclic amines) is 1. The van der Waals surface area contributed by atoms with Crippen molar-refractivity contribution < 1.29 is 5.11 Å². The second-order valence-corrected chi connectivity index (χ2v) is 3.21. The lowest BCUT2D eigenvalue weighted by Gasteiger charge is -2.28. The van der Waals surface area contributed by atoms with Gasteiger partial charge in [0.1, 0.15) is 0 Å². The first kappa shape index (κ1) is 7.36. The van der Waals surface area contributed by atoms with E-state index in [4.69, 9.17) is 5.26 Å². The summed E-state index contributed by atoms with van der Waals surface area (Å²) in [6.45, 7) is 4.45. The van der Waals surface area contributed by atoms with Gasteiger partial charge >= 0.3 is 0 Å². The molecular formula is C7H12N2O. The fraction of sp³-hybridized carbons (Fsp3) is 0.857. The zero-order valence-electron chi connectivity index (χ0n) is 6.33. The van der Waals surface area contributed by atoms with Gasteiger partial charge in [0.2, 0.25) is 0 Å². The maximum Gasteiger partial charge on any atom is 0.179 e. The van der Waals surface area contributed by atoms with E-state index in [0.29, 0.717) is 13.0 Å². The predicted octanol–water partition coefficient (Wildman–Crippen LogP) is 0.313. The first-order valence-corrected chi connectivity index (χ1v) is 3.44. The molecule has 1 rings (SSSR count). The molecule has 1 unspecified atom stereocenters. The van der Waals surface area contributed by atoms with Crippen LogP contribution in [0.3, 0.4) is 0 Å². The molecule has 1 aliphatic rings. The summed E-state index contributed by atoms with van der Waals surface area (Å²) in [7, 11) is 0. The third-order valence-corrected chi connectivity index (χ3v) is 2.26. The first-order valence-electron chi connectivity index (χ1n) is 3.44. The van der Waals surface area contributed by atoms with E-state index < -0.39 is 0 Å². The van der Waals surface area contributed by atoms with Gasteiger partial charge in [0.05, 0.1) is 11.6 Å². The molecule has 1 fully saturated rings. The van der Waals surface area contributed by atoms with Crippen LogP contribution in [0.2, 0.25) is 0 Å². The lowest BCUT2D eigenvalue weighted by Crippen LogP contribution is -2.42. The third-order valence-electron chi connectivity index (χ3n) is 2.26. The molecule has 10 heavy (non-hydrogen) atoms. The Morgan fingerprint density at radius 1 is 1.70 bits per heavy atom. The zero-order valence-corrected chi connectivity index (χ0v) is 6.33. The van der Waals surface area contributed by atoms with Crippen molar-refractivity contribution in [2.75, 3.05) is 6.54 Å². The lowest BCUT2D eigenvalue weighted by atomic mass is 9.99. The number of hydrogen-bond acceptors (Lipinski definition) is 3. The number of rotatable bonds is 0. The minimum Gasteiger partial charge on any atom is -0.391 e. The molecule has 1 heterocycles. The Kier molecular flexibility index (Phi) is 1.57. The van der Waals surface area contributed by atoms with Gasteiger partial charge in [-0.15, -0.1) is 0 Å². The second kappa shape index (κ2) is 2.14. The van der Waals surface area contributed by atoms with Crippen LogP contribution in [0, 0.1) is 11.5 Å². The van der Waals surface area contributed by atoms with E-state index in [1.165, 1.54) is 0 Å². The number of hydrogen-bond donors (Lipinski definition) is 1. The molecule has 0 spiro atoms. The summed E-state index contributed by atoms with van der Waals surface area (Å²) < 4.78 is 0. The van der Waals surface area contributed by atoms with Crippen molar-refractivity contribution in [3.63, 3.8) is 0 Å². The molecule has 0 aromatic rings.